The van der Waals surface area contributed by atoms with Crippen molar-refractivity contribution in [3.63, 3.8) is 0 Å². The molecule has 2 aromatic rings. The fourth-order valence-corrected chi connectivity index (χ4v) is 2.89. The number of hydrogen-bond acceptors (Lipinski definition) is 2. The van der Waals surface area contributed by atoms with Crippen LogP contribution >= 0.6 is 11.6 Å². The van der Waals surface area contributed by atoms with Crippen LogP contribution < -0.4 is 5.32 Å². The van der Waals surface area contributed by atoms with Gasteiger partial charge in [0.25, 0.3) is 5.91 Å². The van der Waals surface area contributed by atoms with Crippen LogP contribution in [0, 0.1) is 5.82 Å². The molecule has 3 nitrogen and oxygen atoms in total. The van der Waals surface area contributed by atoms with Crippen molar-refractivity contribution in [1.29, 1.82) is 0 Å². The molecule has 0 heterocycles. The maximum Gasteiger partial charge on any atom is 0.253 e. The number of carbonyl (C=O) groups is 1. The van der Waals surface area contributed by atoms with E-state index in [0.29, 0.717) is 6.42 Å². The first-order chi connectivity index (χ1) is 10.1. The van der Waals surface area contributed by atoms with E-state index in [4.69, 9.17) is 11.6 Å². The fourth-order valence-electron chi connectivity index (χ4n) is 2.64. The molecule has 2 unspecified atom stereocenters. The first-order valence-electron chi connectivity index (χ1n) is 6.58. The zero-order valence-corrected chi connectivity index (χ0v) is 11.8. The van der Waals surface area contributed by atoms with E-state index in [1.54, 1.807) is 0 Å². The maximum atomic E-state index is 13.0. The van der Waals surface area contributed by atoms with Gasteiger partial charge in [0.2, 0.25) is 0 Å². The molecule has 0 aliphatic heterocycles. The smallest absolute Gasteiger partial charge is 0.253 e. The van der Waals surface area contributed by atoms with E-state index in [2.05, 4.69) is 5.32 Å². The van der Waals surface area contributed by atoms with Crippen LogP contribution in [0.15, 0.2) is 42.5 Å². The Bertz CT molecular complexity index is 704. The third-order valence-corrected chi connectivity index (χ3v) is 3.98. The second kappa shape index (κ2) is 5.47. The highest BCUT2D eigenvalue weighted by Crippen LogP contribution is 2.31. The Labute approximate surface area is 126 Å². The van der Waals surface area contributed by atoms with Crippen LogP contribution in [0.2, 0.25) is 5.02 Å². The van der Waals surface area contributed by atoms with Gasteiger partial charge in [-0.1, -0.05) is 35.9 Å². The van der Waals surface area contributed by atoms with Crippen LogP contribution in [0.4, 0.5) is 4.39 Å². The summed E-state index contributed by atoms with van der Waals surface area (Å²) in [5, 5.41) is 12.9. The SMILES string of the molecule is O=C(NC1c2ccccc2CC1O)c1ccc(F)cc1Cl. The highest BCUT2D eigenvalue weighted by atomic mass is 35.5. The van der Waals surface area contributed by atoms with Crippen LogP contribution in [0.5, 0.6) is 0 Å². The van der Waals surface area contributed by atoms with Crippen LogP contribution in [0.25, 0.3) is 0 Å². The van der Waals surface area contributed by atoms with E-state index in [1.807, 2.05) is 24.3 Å². The summed E-state index contributed by atoms with van der Waals surface area (Å²) in [6.07, 6.45) is -0.177. The van der Waals surface area contributed by atoms with E-state index in [0.717, 1.165) is 17.2 Å². The van der Waals surface area contributed by atoms with E-state index >= 15 is 0 Å². The quantitative estimate of drug-likeness (QED) is 0.896. The van der Waals surface area contributed by atoms with Crippen molar-refractivity contribution in [2.24, 2.45) is 0 Å². The van der Waals surface area contributed by atoms with Crippen LogP contribution in [0.3, 0.4) is 0 Å². The highest BCUT2D eigenvalue weighted by molar-refractivity contribution is 6.33. The van der Waals surface area contributed by atoms with E-state index < -0.39 is 23.9 Å². The molecule has 1 amide bonds. The lowest BCUT2D eigenvalue weighted by Gasteiger charge is -2.18. The summed E-state index contributed by atoms with van der Waals surface area (Å²) in [6.45, 7) is 0. The molecule has 0 radical (unpaired) electrons. The van der Waals surface area contributed by atoms with Gasteiger partial charge in [-0.15, -0.1) is 0 Å². The molecule has 1 aliphatic carbocycles. The van der Waals surface area contributed by atoms with Gasteiger partial charge in [-0.25, -0.2) is 4.39 Å². The molecule has 2 aromatic carbocycles. The number of halogens is 2. The van der Waals surface area contributed by atoms with Gasteiger partial charge in [0.1, 0.15) is 5.82 Å². The van der Waals surface area contributed by atoms with Crippen LogP contribution in [-0.2, 0) is 6.42 Å². The third-order valence-electron chi connectivity index (χ3n) is 3.67. The van der Waals surface area contributed by atoms with Gasteiger partial charge in [-0.2, -0.15) is 0 Å². The molecular weight excluding hydrogens is 293 g/mol. The Morgan fingerprint density at radius 1 is 1.29 bits per heavy atom. The fraction of sp³-hybridized carbons (Fsp3) is 0.188. The molecule has 0 fully saturated rings. The Hall–Kier alpha value is -1.91. The Balaban J connectivity index is 1.85. The second-order valence-corrected chi connectivity index (χ2v) is 5.45. The molecule has 0 saturated carbocycles. The van der Waals surface area contributed by atoms with Gasteiger partial charge in [0, 0.05) is 6.42 Å². The number of rotatable bonds is 2. The van der Waals surface area contributed by atoms with Crippen molar-refractivity contribution >= 4 is 17.5 Å². The molecule has 2 N–H and O–H groups in total. The first-order valence-corrected chi connectivity index (χ1v) is 6.96. The van der Waals surface area contributed by atoms with Crippen LogP contribution in [0.1, 0.15) is 27.5 Å². The standard InChI is InChI=1S/C16H13ClFNO2/c17-13-8-10(18)5-6-12(13)16(21)19-15-11-4-2-1-3-9(11)7-14(15)20/h1-6,8,14-15,20H,7H2,(H,19,21). The van der Waals surface area contributed by atoms with Gasteiger partial charge in [-0.3, -0.25) is 4.79 Å². The zero-order valence-electron chi connectivity index (χ0n) is 11.0. The minimum absolute atomic E-state index is 0.0493. The summed E-state index contributed by atoms with van der Waals surface area (Å²) in [5.74, 6) is -0.927. The summed E-state index contributed by atoms with van der Waals surface area (Å²) in [4.78, 5) is 12.3. The van der Waals surface area contributed by atoms with Gasteiger partial charge in [-0.05, 0) is 29.3 Å². The lowest BCUT2D eigenvalue weighted by molar-refractivity contribution is 0.0858. The minimum atomic E-state index is -0.675. The lowest BCUT2D eigenvalue weighted by Crippen LogP contribution is -2.34. The topological polar surface area (TPSA) is 49.3 Å². The summed E-state index contributed by atoms with van der Waals surface area (Å²) >= 11 is 5.88. The van der Waals surface area contributed by atoms with Gasteiger partial charge in [0.15, 0.2) is 0 Å². The zero-order chi connectivity index (χ0) is 15.0. The summed E-state index contributed by atoms with van der Waals surface area (Å²) in [5.41, 5.74) is 2.10. The molecule has 0 saturated heterocycles. The average Bonchev–Trinajstić information content (AvgIpc) is 2.75. The number of aliphatic hydroxyl groups excluding tert-OH is 1. The van der Waals surface area contributed by atoms with Crippen molar-refractivity contribution in [1.82, 2.24) is 5.32 Å². The van der Waals surface area contributed by atoms with E-state index in [-0.39, 0.29) is 10.6 Å². The monoisotopic (exact) mass is 305 g/mol. The van der Waals surface area contributed by atoms with Gasteiger partial charge < -0.3 is 10.4 Å². The van der Waals surface area contributed by atoms with Gasteiger partial charge >= 0.3 is 0 Å². The lowest BCUT2D eigenvalue weighted by atomic mass is 10.1. The number of fused-ring (bicyclic) bond motifs is 1. The Kier molecular flexibility index (Phi) is 3.66. The number of aliphatic hydroxyl groups is 1. The predicted molar refractivity (Wildman–Crippen MR) is 77.8 cm³/mol. The van der Waals surface area contributed by atoms with Crippen molar-refractivity contribution < 1.29 is 14.3 Å². The molecule has 0 bridgehead atoms. The molecule has 1 aliphatic rings. The number of nitrogens with one attached hydrogen (secondary N) is 1. The van der Waals surface area contributed by atoms with Gasteiger partial charge in [0.05, 0.1) is 22.7 Å². The van der Waals surface area contributed by atoms with Crippen molar-refractivity contribution in [3.8, 4) is 0 Å². The third kappa shape index (κ3) is 2.64. The number of hydrogen-bond donors (Lipinski definition) is 2. The number of amides is 1. The van der Waals surface area contributed by atoms with Crippen LogP contribution in [-0.4, -0.2) is 17.1 Å². The van der Waals surface area contributed by atoms with Crippen molar-refractivity contribution in [2.45, 2.75) is 18.6 Å². The molecule has 21 heavy (non-hydrogen) atoms. The largest absolute Gasteiger partial charge is 0.390 e. The Morgan fingerprint density at radius 2 is 2.05 bits per heavy atom. The normalized spacial score (nSPS) is 20.1. The number of carbonyl (C=O) groups excluding carboxylic acids is 1. The highest BCUT2D eigenvalue weighted by Gasteiger charge is 2.32. The van der Waals surface area contributed by atoms with Crippen molar-refractivity contribution in [2.75, 3.05) is 0 Å². The summed E-state index contributed by atoms with van der Waals surface area (Å²) < 4.78 is 13.0. The molecule has 0 spiro atoms. The number of benzene rings is 2. The molecule has 2 atom stereocenters. The average molecular weight is 306 g/mol. The second-order valence-electron chi connectivity index (χ2n) is 5.05. The van der Waals surface area contributed by atoms with E-state index in [9.17, 15) is 14.3 Å². The van der Waals surface area contributed by atoms with E-state index in [1.165, 1.54) is 12.1 Å². The summed E-state index contributed by atoms with van der Waals surface area (Å²) in [7, 11) is 0. The van der Waals surface area contributed by atoms with Crippen molar-refractivity contribution in [3.05, 3.63) is 70.0 Å². The molecule has 0 aromatic heterocycles. The summed E-state index contributed by atoms with van der Waals surface area (Å²) in [6, 6.07) is 10.7. The molecule has 5 heteroatoms. The maximum absolute atomic E-state index is 13.0. The molecule has 108 valence electrons. The molecule has 3 rings (SSSR count). The molecular formula is C16H13ClFNO2. The Morgan fingerprint density at radius 3 is 2.81 bits per heavy atom. The first kappa shape index (κ1) is 14.0. The predicted octanol–water partition coefficient (Wildman–Crippen LogP) is 2.87. The minimum Gasteiger partial charge on any atom is -0.390 e.